The van der Waals surface area contributed by atoms with Crippen LogP contribution in [0.2, 0.25) is 0 Å². The molecule has 0 aliphatic heterocycles. The predicted molar refractivity (Wildman–Crippen MR) is 247 cm³/mol. The molecule has 0 radical (unpaired) electrons. The van der Waals surface area contributed by atoms with E-state index < -0.39 is 0 Å². The Bertz CT molecular complexity index is 3500. The van der Waals surface area contributed by atoms with Crippen LogP contribution in [0.5, 0.6) is 0 Å². The average Bonchev–Trinajstić information content (AvgIpc) is 3.97. The molecule has 0 spiro atoms. The van der Waals surface area contributed by atoms with Crippen LogP contribution in [0, 0.1) is 0 Å². The summed E-state index contributed by atoms with van der Waals surface area (Å²) in [6.45, 7) is 0. The third kappa shape index (κ3) is 5.12. The molecular weight excluding hydrogens is 725 g/mol. The summed E-state index contributed by atoms with van der Waals surface area (Å²) in [4.78, 5) is 2.39. The number of anilines is 3. The molecule has 0 unspecified atom stereocenters. The van der Waals surface area contributed by atoms with E-state index in [-0.39, 0.29) is 0 Å². The third-order valence-electron chi connectivity index (χ3n) is 11.6. The Morgan fingerprint density at radius 1 is 0.414 bits per heavy atom. The summed E-state index contributed by atoms with van der Waals surface area (Å²) < 4.78 is 11.7. The first-order valence-electron chi connectivity index (χ1n) is 19.7. The van der Waals surface area contributed by atoms with E-state index in [2.05, 4.69) is 210 Å². The highest BCUT2D eigenvalue weighted by Gasteiger charge is 2.21. The van der Waals surface area contributed by atoms with Gasteiger partial charge in [0, 0.05) is 64.3 Å². The van der Waals surface area contributed by atoms with Gasteiger partial charge in [-0.25, -0.2) is 0 Å². The van der Waals surface area contributed by atoms with Crippen LogP contribution >= 0.6 is 11.3 Å². The molecule has 12 rings (SSSR count). The van der Waals surface area contributed by atoms with Crippen molar-refractivity contribution < 1.29 is 4.42 Å². The number of rotatable bonds is 6. The smallest absolute Gasteiger partial charge is 0.143 e. The van der Waals surface area contributed by atoms with Gasteiger partial charge in [-0.3, -0.25) is 0 Å². The lowest BCUT2D eigenvalue weighted by molar-refractivity contribution is 0.670. The lowest BCUT2D eigenvalue weighted by Crippen LogP contribution is -2.10. The monoisotopic (exact) mass is 758 g/mol. The Hall–Kier alpha value is -7.40. The first-order valence-corrected chi connectivity index (χ1v) is 20.5. The summed E-state index contributed by atoms with van der Waals surface area (Å²) in [5.41, 5.74) is 13.1. The van der Waals surface area contributed by atoms with Gasteiger partial charge in [0.25, 0.3) is 0 Å². The Morgan fingerprint density at radius 2 is 1.07 bits per heavy atom. The number of para-hydroxylation sites is 3. The SMILES string of the molecule is c1ccc(-c2ccc3c(c2)c2ccccc2n3-c2cc(-c3ccc(N(c4ccccc4)c4cccc5sc6ccccc6c45)cc3)c3oc4ccccc4c3c2)cc1. The normalized spacial score (nSPS) is 11.8. The molecule has 3 aromatic heterocycles. The summed E-state index contributed by atoms with van der Waals surface area (Å²) in [5.74, 6) is 0. The van der Waals surface area contributed by atoms with Crippen LogP contribution in [-0.2, 0) is 0 Å². The van der Waals surface area contributed by atoms with E-state index in [0.29, 0.717) is 0 Å². The van der Waals surface area contributed by atoms with Gasteiger partial charge in [-0.2, -0.15) is 0 Å². The van der Waals surface area contributed by atoms with Gasteiger partial charge in [-0.15, -0.1) is 11.3 Å². The van der Waals surface area contributed by atoms with Crippen LogP contribution in [-0.4, -0.2) is 4.57 Å². The summed E-state index contributed by atoms with van der Waals surface area (Å²) in [6.07, 6.45) is 0. The number of benzene rings is 9. The summed E-state index contributed by atoms with van der Waals surface area (Å²) in [7, 11) is 0. The average molecular weight is 759 g/mol. The number of furan rings is 1. The Kier molecular flexibility index (Phi) is 7.40. The van der Waals surface area contributed by atoms with E-state index in [1.165, 1.54) is 53.1 Å². The second-order valence-corrected chi connectivity index (χ2v) is 16.0. The molecule has 0 amide bonds. The van der Waals surface area contributed by atoms with Crippen molar-refractivity contribution in [3.8, 4) is 27.9 Å². The van der Waals surface area contributed by atoms with Crippen molar-refractivity contribution in [3.05, 3.63) is 206 Å². The fourth-order valence-corrected chi connectivity index (χ4v) is 10.1. The minimum atomic E-state index is 0.883. The van der Waals surface area contributed by atoms with Crippen molar-refractivity contribution in [2.45, 2.75) is 0 Å². The second-order valence-electron chi connectivity index (χ2n) is 14.9. The van der Waals surface area contributed by atoms with Crippen LogP contribution in [0.1, 0.15) is 0 Å². The number of fused-ring (bicyclic) bond motifs is 9. The van der Waals surface area contributed by atoms with Gasteiger partial charge < -0.3 is 13.9 Å². The van der Waals surface area contributed by atoms with Crippen molar-refractivity contribution in [1.29, 1.82) is 0 Å². The van der Waals surface area contributed by atoms with E-state index in [4.69, 9.17) is 4.42 Å². The van der Waals surface area contributed by atoms with Gasteiger partial charge >= 0.3 is 0 Å². The first kappa shape index (κ1) is 32.8. The van der Waals surface area contributed by atoms with Crippen LogP contribution in [0.4, 0.5) is 17.1 Å². The zero-order valence-corrected chi connectivity index (χ0v) is 32.2. The minimum Gasteiger partial charge on any atom is -0.455 e. The summed E-state index contributed by atoms with van der Waals surface area (Å²) in [6, 6.07) is 74.4. The molecular formula is C54H34N2OS. The molecule has 0 saturated heterocycles. The quantitative estimate of drug-likeness (QED) is 0.168. The standard InChI is InChI=1S/C54H34N2OS/c1-3-14-35(15-4-1)37-28-31-48-45(32-37)41-18-7-10-21-47(41)56(48)40-33-44(54-46(34-40)42-19-8-11-23-50(42)57-54)36-26-29-39(30-27-36)55(38-16-5-2-6-17-38)49-22-13-25-52-53(49)43-20-9-12-24-51(43)58-52/h1-34H. The van der Waals surface area contributed by atoms with Crippen molar-refractivity contribution in [3.63, 3.8) is 0 Å². The van der Waals surface area contributed by atoms with Gasteiger partial charge in [-0.1, -0.05) is 127 Å². The lowest BCUT2D eigenvalue weighted by Gasteiger charge is -2.26. The fraction of sp³-hybridized carbons (Fsp3) is 0. The van der Waals surface area contributed by atoms with Crippen molar-refractivity contribution in [2.24, 2.45) is 0 Å². The summed E-state index contributed by atoms with van der Waals surface area (Å²) >= 11 is 1.85. The molecule has 9 aromatic carbocycles. The fourth-order valence-electron chi connectivity index (χ4n) is 8.95. The number of thiophene rings is 1. The largest absolute Gasteiger partial charge is 0.455 e. The van der Waals surface area contributed by atoms with Crippen LogP contribution in [0.15, 0.2) is 211 Å². The van der Waals surface area contributed by atoms with Gasteiger partial charge in [0.1, 0.15) is 11.2 Å². The molecule has 0 N–H and O–H groups in total. The van der Waals surface area contributed by atoms with E-state index in [1.807, 2.05) is 17.4 Å². The Labute approximate surface area is 338 Å². The molecule has 0 aliphatic carbocycles. The van der Waals surface area contributed by atoms with Crippen LogP contribution < -0.4 is 4.90 Å². The van der Waals surface area contributed by atoms with Gasteiger partial charge in [0.05, 0.1) is 16.7 Å². The number of hydrogen-bond acceptors (Lipinski definition) is 3. The predicted octanol–water partition coefficient (Wildman–Crippen LogP) is 15.9. The highest BCUT2D eigenvalue weighted by molar-refractivity contribution is 7.26. The van der Waals surface area contributed by atoms with Crippen molar-refractivity contribution >= 4 is 92.3 Å². The zero-order chi connectivity index (χ0) is 38.2. The maximum absolute atomic E-state index is 6.73. The zero-order valence-electron chi connectivity index (χ0n) is 31.3. The molecule has 58 heavy (non-hydrogen) atoms. The molecule has 0 bridgehead atoms. The molecule has 272 valence electrons. The van der Waals surface area contributed by atoms with E-state index >= 15 is 0 Å². The number of nitrogens with zero attached hydrogens (tertiary/aromatic N) is 2. The minimum absolute atomic E-state index is 0.883. The molecule has 3 nitrogen and oxygen atoms in total. The Morgan fingerprint density at radius 3 is 1.91 bits per heavy atom. The maximum Gasteiger partial charge on any atom is 0.143 e. The topological polar surface area (TPSA) is 21.3 Å². The number of aromatic nitrogens is 1. The van der Waals surface area contributed by atoms with E-state index in [0.717, 1.165) is 55.8 Å². The van der Waals surface area contributed by atoms with Gasteiger partial charge in [0.15, 0.2) is 0 Å². The molecule has 0 saturated carbocycles. The maximum atomic E-state index is 6.73. The molecule has 0 fully saturated rings. The van der Waals surface area contributed by atoms with E-state index in [1.54, 1.807) is 0 Å². The highest BCUT2D eigenvalue weighted by Crippen LogP contribution is 2.46. The second kappa shape index (κ2) is 13.1. The lowest BCUT2D eigenvalue weighted by atomic mass is 10.00. The molecule has 0 aliphatic rings. The molecule has 0 atom stereocenters. The highest BCUT2D eigenvalue weighted by atomic mass is 32.1. The van der Waals surface area contributed by atoms with Crippen molar-refractivity contribution in [2.75, 3.05) is 4.90 Å². The van der Waals surface area contributed by atoms with Crippen LogP contribution in [0.25, 0.3) is 91.9 Å². The molecule has 4 heteroatoms. The third-order valence-corrected chi connectivity index (χ3v) is 12.7. The number of hydrogen-bond donors (Lipinski definition) is 0. The van der Waals surface area contributed by atoms with Gasteiger partial charge in [0.2, 0.25) is 0 Å². The summed E-state index contributed by atoms with van der Waals surface area (Å²) in [5, 5.41) is 7.22. The van der Waals surface area contributed by atoms with Crippen molar-refractivity contribution in [1.82, 2.24) is 4.57 Å². The first-order chi connectivity index (χ1) is 28.8. The van der Waals surface area contributed by atoms with Crippen LogP contribution in [0.3, 0.4) is 0 Å². The molecule has 3 heterocycles. The van der Waals surface area contributed by atoms with E-state index in [9.17, 15) is 0 Å². The Balaban J connectivity index is 1.06. The molecule has 12 aromatic rings. The van der Waals surface area contributed by atoms with Gasteiger partial charge in [-0.05, 0) is 95.6 Å².